The number of nitrogens with zero attached hydrogens (tertiary/aromatic N) is 1. The van der Waals surface area contributed by atoms with Crippen molar-refractivity contribution < 1.29 is 9.53 Å². The normalized spacial score (nSPS) is 11.6. The summed E-state index contributed by atoms with van der Waals surface area (Å²) in [5.74, 6) is -0.199. The number of nitrogens with two attached hydrogens (primary N) is 1. The fraction of sp³-hybridized carbons (Fsp3) is 0.333. The highest BCUT2D eigenvalue weighted by atomic mass is 16.5. The topological polar surface area (TPSA) is 77.2 Å². The number of aromatic nitrogens is 1. The molecule has 0 aliphatic heterocycles. The molecule has 1 aromatic heterocycles. The van der Waals surface area contributed by atoms with Crippen LogP contribution in [0.1, 0.15) is 20.8 Å². The van der Waals surface area contributed by atoms with Gasteiger partial charge in [-0.2, -0.15) is 0 Å². The summed E-state index contributed by atoms with van der Waals surface area (Å²) in [5, 5.41) is 3.64. The second-order valence-electron chi connectivity index (χ2n) is 5.55. The molecular formula is C15H19N3O2. The molecule has 2 rings (SSSR count). The van der Waals surface area contributed by atoms with Crippen molar-refractivity contribution >= 4 is 28.2 Å². The highest BCUT2D eigenvalue weighted by Crippen LogP contribution is 2.26. The number of rotatable bonds is 3. The number of carbonyl (C=O) groups is 1. The lowest BCUT2D eigenvalue weighted by molar-refractivity contribution is -0.125. The third kappa shape index (κ3) is 3.45. The predicted octanol–water partition coefficient (Wildman–Crippen LogP) is 2.57. The Kier molecular flexibility index (Phi) is 3.90. The molecule has 0 fully saturated rings. The Hall–Kier alpha value is -2.14. The van der Waals surface area contributed by atoms with Gasteiger partial charge in [-0.1, -0.05) is 0 Å². The minimum absolute atomic E-state index is 0.00956. The number of nitrogens with one attached hydrogen (secondary N) is 1. The molecule has 0 bridgehead atoms. The zero-order valence-corrected chi connectivity index (χ0v) is 11.9. The summed E-state index contributed by atoms with van der Waals surface area (Å²) < 4.78 is 5.45. The van der Waals surface area contributed by atoms with Crippen LogP contribution < -0.4 is 11.1 Å². The first kappa shape index (κ1) is 14.3. The van der Waals surface area contributed by atoms with E-state index in [2.05, 4.69) is 10.3 Å². The summed E-state index contributed by atoms with van der Waals surface area (Å²) in [6, 6.07) is 7.19. The number of ether oxygens (including phenoxy) is 1. The summed E-state index contributed by atoms with van der Waals surface area (Å²) >= 11 is 0. The van der Waals surface area contributed by atoms with Crippen molar-refractivity contribution in [1.29, 1.82) is 0 Å². The minimum Gasteiger partial charge on any atom is -0.397 e. The van der Waals surface area contributed by atoms with Crippen LogP contribution in [-0.4, -0.2) is 23.1 Å². The van der Waals surface area contributed by atoms with E-state index >= 15 is 0 Å². The zero-order chi connectivity index (χ0) is 14.8. The van der Waals surface area contributed by atoms with Crippen molar-refractivity contribution in [3.8, 4) is 0 Å². The van der Waals surface area contributed by atoms with Gasteiger partial charge < -0.3 is 15.8 Å². The first-order valence-electron chi connectivity index (χ1n) is 6.44. The van der Waals surface area contributed by atoms with Crippen LogP contribution in [0.25, 0.3) is 10.9 Å². The zero-order valence-electron chi connectivity index (χ0n) is 11.9. The molecule has 0 unspecified atom stereocenters. The van der Waals surface area contributed by atoms with Gasteiger partial charge in [0.15, 0.2) is 0 Å². The van der Waals surface area contributed by atoms with Gasteiger partial charge in [0, 0.05) is 11.6 Å². The summed E-state index contributed by atoms with van der Waals surface area (Å²) in [6.45, 7) is 5.73. The quantitative estimate of drug-likeness (QED) is 0.843. The molecule has 1 heterocycles. The molecule has 0 aliphatic rings. The molecule has 0 aliphatic carbocycles. The number of carbonyl (C=O) groups excluding carboxylic acids is 1. The van der Waals surface area contributed by atoms with Gasteiger partial charge >= 0.3 is 0 Å². The predicted molar refractivity (Wildman–Crippen MR) is 80.5 cm³/mol. The molecule has 0 atom stereocenters. The van der Waals surface area contributed by atoms with Crippen molar-refractivity contribution in [2.45, 2.75) is 26.4 Å². The van der Waals surface area contributed by atoms with Gasteiger partial charge in [-0.05, 0) is 45.0 Å². The van der Waals surface area contributed by atoms with Crippen LogP contribution in [0.3, 0.4) is 0 Å². The molecule has 0 spiro atoms. The Balaban J connectivity index is 2.18. The van der Waals surface area contributed by atoms with Crippen molar-refractivity contribution in [1.82, 2.24) is 4.98 Å². The first-order chi connectivity index (χ1) is 9.37. The standard InChI is InChI=1S/C15H19N3O2/c1-15(2,3)20-9-13(19)18-12-7-6-11(16)14-10(12)5-4-8-17-14/h4-8H,9,16H2,1-3H3,(H,18,19). The molecule has 0 radical (unpaired) electrons. The molecular weight excluding hydrogens is 254 g/mol. The lowest BCUT2D eigenvalue weighted by atomic mass is 10.1. The lowest BCUT2D eigenvalue weighted by Crippen LogP contribution is -2.27. The van der Waals surface area contributed by atoms with E-state index in [4.69, 9.17) is 10.5 Å². The van der Waals surface area contributed by atoms with Gasteiger partial charge in [0.2, 0.25) is 5.91 Å². The maximum absolute atomic E-state index is 11.9. The fourth-order valence-electron chi connectivity index (χ4n) is 1.77. The van der Waals surface area contributed by atoms with Crippen LogP contribution in [0.15, 0.2) is 30.5 Å². The molecule has 2 aromatic rings. The SMILES string of the molecule is CC(C)(C)OCC(=O)Nc1ccc(N)c2ncccc12. The van der Waals surface area contributed by atoms with Gasteiger partial charge in [0.05, 0.1) is 22.5 Å². The number of nitrogen functional groups attached to an aromatic ring is 1. The van der Waals surface area contributed by atoms with Crippen LogP contribution in [0.5, 0.6) is 0 Å². The fourth-order valence-corrected chi connectivity index (χ4v) is 1.77. The van der Waals surface area contributed by atoms with E-state index in [1.54, 1.807) is 18.3 Å². The third-order valence-electron chi connectivity index (χ3n) is 2.71. The largest absolute Gasteiger partial charge is 0.397 e. The van der Waals surface area contributed by atoms with Gasteiger partial charge in [0.25, 0.3) is 0 Å². The molecule has 1 amide bonds. The van der Waals surface area contributed by atoms with E-state index in [0.29, 0.717) is 16.9 Å². The smallest absolute Gasteiger partial charge is 0.250 e. The van der Waals surface area contributed by atoms with Crippen molar-refractivity contribution in [3.05, 3.63) is 30.5 Å². The van der Waals surface area contributed by atoms with Crippen molar-refractivity contribution in [2.75, 3.05) is 17.7 Å². The van der Waals surface area contributed by atoms with Crippen LogP contribution in [0.4, 0.5) is 11.4 Å². The number of hydrogen-bond donors (Lipinski definition) is 2. The molecule has 5 heteroatoms. The van der Waals surface area contributed by atoms with Crippen LogP contribution >= 0.6 is 0 Å². The summed E-state index contributed by atoms with van der Waals surface area (Å²) in [4.78, 5) is 16.1. The molecule has 1 aromatic carbocycles. The van der Waals surface area contributed by atoms with E-state index in [-0.39, 0.29) is 18.1 Å². The first-order valence-corrected chi connectivity index (χ1v) is 6.44. The number of amides is 1. The van der Waals surface area contributed by atoms with E-state index in [9.17, 15) is 4.79 Å². The van der Waals surface area contributed by atoms with Gasteiger partial charge in [-0.25, -0.2) is 0 Å². The van der Waals surface area contributed by atoms with E-state index in [1.807, 2.05) is 32.9 Å². The van der Waals surface area contributed by atoms with Crippen LogP contribution in [-0.2, 0) is 9.53 Å². The summed E-state index contributed by atoms with van der Waals surface area (Å²) in [5.41, 5.74) is 7.48. The minimum atomic E-state index is -0.345. The number of anilines is 2. The summed E-state index contributed by atoms with van der Waals surface area (Å²) in [6.07, 6.45) is 1.67. The Morgan fingerprint density at radius 3 is 2.80 bits per heavy atom. The molecule has 20 heavy (non-hydrogen) atoms. The average molecular weight is 273 g/mol. The lowest BCUT2D eigenvalue weighted by Gasteiger charge is -2.19. The van der Waals surface area contributed by atoms with Crippen LogP contribution in [0, 0.1) is 0 Å². The van der Waals surface area contributed by atoms with Gasteiger partial charge in [-0.15, -0.1) is 0 Å². The van der Waals surface area contributed by atoms with E-state index < -0.39 is 0 Å². The Morgan fingerprint density at radius 2 is 2.10 bits per heavy atom. The van der Waals surface area contributed by atoms with Crippen molar-refractivity contribution in [3.63, 3.8) is 0 Å². The third-order valence-corrected chi connectivity index (χ3v) is 2.71. The Labute approximate surface area is 118 Å². The van der Waals surface area contributed by atoms with Crippen molar-refractivity contribution in [2.24, 2.45) is 0 Å². The van der Waals surface area contributed by atoms with Crippen LogP contribution in [0.2, 0.25) is 0 Å². The number of benzene rings is 1. The monoisotopic (exact) mass is 273 g/mol. The molecule has 106 valence electrons. The second-order valence-corrected chi connectivity index (χ2v) is 5.55. The number of fused-ring (bicyclic) bond motifs is 1. The van der Waals surface area contributed by atoms with E-state index in [1.165, 1.54) is 0 Å². The highest BCUT2D eigenvalue weighted by Gasteiger charge is 2.14. The number of pyridine rings is 1. The number of hydrogen-bond acceptors (Lipinski definition) is 4. The Morgan fingerprint density at radius 1 is 1.35 bits per heavy atom. The van der Waals surface area contributed by atoms with E-state index in [0.717, 1.165) is 5.39 Å². The maximum Gasteiger partial charge on any atom is 0.250 e. The van der Waals surface area contributed by atoms with Gasteiger partial charge in [-0.3, -0.25) is 9.78 Å². The molecule has 3 N–H and O–H groups in total. The average Bonchev–Trinajstić information content (AvgIpc) is 2.39. The highest BCUT2D eigenvalue weighted by molar-refractivity contribution is 6.04. The maximum atomic E-state index is 11.9. The molecule has 0 saturated heterocycles. The van der Waals surface area contributed by atoms with Gasteiger partial charge in [0.1, 0.15) is 6.61 Å². The molecule has 0 saturated carbocycles. The molecule has 5 nitrogen and oxygen atoms in total. The Bertz CT molecular complexity index is 633. The summed E-state index contributed by atoms with van der Waals surface area (Å²) in [7, 11) is 0. The second kappa shape index (κ2) is 5.46.